The van der Waals surface area contributed by atoms with Gasteiger partial charge in [-0.05, 0) is 83.5 Å². The van der Waals surface area contributed by atoms with E-state index in [9.17, 15) is 14.4 Å². The Morgan fingerprint density at radius 1 is 0.368 bits per heavy atom. The summed E-state index contributed by atoms with van der Waals surface area (Å²) in [6, 6.07) is 0. The smallest absolute Gasteiger partial charge is 0.306 e. The van der Waals surface area contributed by atoms with E-state index in [1.807, 2.05) is 6.08 Å². The molecule has 0 saturated carbocycles. The van der Waals surface area contributed by atoms with E-state index in [1.165, 1.54) is 89.9 Å². The third-order valence-corrected chi connectivity index (χ3v) is 9.72. The lowest BCUT2D eigenvalue weighted by molar-refractivity contribution is -0.166. The zero-order chi connectivity index (χ0) is 41.5. The van der Waals surface area contributed by atoms with Crippen molar-refractivity contribution in [1.29, 1.82) is 0 Å². The lowest BCUT2D eigenvalue weighted by atomic mass is 10.1. The number of carbonyl (C=O) groups is 3. The topological polar surface area (TPSA) is 78.9 Å². The van der Waals surface area contributed by atoms with Crippen LogP contribution in [0.15, 0.2) is 72.9 Å². The van der Waals surface area contributed by atoms with Crippen LogP contribution in [0, 0.1) is 0 Å². The molecule has 6 heteroatoms. The molecule has 0 aromatic heterocycles. The van der Waals surface area contributed by atoms with Crippen LogP contribution in [0.3, 0.4) is 0 Å². The molecule has 0 N–H and O–H groups in total. The van der Waals surface area contributed by atoms with Crippen LogP contribution in [0.25, 0.3) is 0 Å². The summed E-state index contributed by atoms with van der Waals surface area (Å²) in [5.74, 6) is -1.03. The van der Waals surface area contributed by atoms with Gasteiger partial charge in [-0.2, -0.15) is 0 Å². The largest absolute Gasteiger partial charge is 0.462 e. The summed E-state index contributed by atoms with van der Waals surface area (Å²) in [5.41, 5.74) is 0. The molecule has 6 nitrogen and oxygen atoms in total. The molecule has 0 rings (SSSR count). The van der Waals surface area contributed by atoms with Crippen LogP contribution in [0.2, 0.25) is 0 Å². The Balaban J connectivity index is 4.50. The van der Waals surface area contributed by atoms with E-state index < -0.39 is 12.1 Å². The Labute approximate surface area is 351 Å². The van der Waals surface area contributed by atoms with E-state index in [0.29, 0.717) is 19.3 Å². The van der Waals surface area contributed by atoms with Crippen LogP contribution >= 0.6 is 0 Å². The van der Waals surface area contributed by atoms with Crippen molar-refractivity contribution < 1.29 is 28.6 Å². The second-order valence-electron chi connectivity index (χ2n) is 15.4. The first-order valence-electron chi connectivity index (χ1n) is 23.5. The molecular formula is C51H86O6. The average molecular weight is 795 g/mol. The third kappa shape index (κ3) is 43.8. The van der Waals surface area contributed by atoms with E-state index in [1.54, 1.807) is 0 Å². The number of unbranched alkanes of at least 4 members (excludes halogenated alkanes) is 20. The number of rotatable bonds is 41. The van der Waals surface area contributed by atoms with Crippen molar-refractivity contribution in [3.05, 3.63) is 72.9 Å². The van der Waals surface area contributed by atoms with Gasteiger partial charge in [0.2, 0.25) is 0 Å². The zero-order valence-corrected chi connectivity index (χ0v) is 37.1. The van der Waals surface area contributed by atoms with Gasteiger partial charge in [0.1, 0.15) is 13.2 Å². The van der Waals surface area contributed by atoms with E-state index in [4.69, 9.17) is 14.2 Å². The van der Waals surface area contributed by atoms with Gasteiger partial charge in [-0.3, -0.25) is 14.4 Å². The maximum Gasteiger partial charge on any atom is 0.306 e. The second kappa shape index (κ2) is 45.6. The minimum atomic E-state index is -0.819. The Morgan fingerprint density at radius 2 is 0.737 bits per heavy atom. The number of esters is 3. The van der Waals surface area contributed by atoms with Crippen LogP contribution in [0.5, 0.6) is 0 Å². The second-order valence-corrected chi connectivity index (χ2v) is 15.4. The van der Waals surface area contributed by atoms with Gasteiger partial charge in [0, 0.05) is 19.3 Å². The van der Waals surface area contributed by atoms with E-state index in [0.717, 1.165) is 77.0 Å². The van der Waals surface area contributed by atoms with Crippen molar-refractivity contribution >= 4 is 17.9 Å². The maximum absolute atomic E-state index is 12.7. The first-order valence-corrected chi connectivity index (χ1v) is 23.5. The van der Waals surface area contributed by atoms with Gasteiger partial charge in [0.15, 0.2) is 6.10 Å². The van der Waals surface area contributed by atoms with E-state index in [-0.39, 0.29) is 31.6 Å². The summed E-state index contributed by atoms with van der Waals surface area (Å²) in [5, 5.41) is 0. The molecular weight excluding hydrogens is 709 g/mol. The highest BCUT2D eigenvalue weighted by Gasteiger charge is 2.19. The first-order chi connectivity index (χ1) is 28.0. The molecule has 0 bridgehead atoms. The molecule has 0 radical (unpaired) electrons. The molecule has 0 fully saturated rings. The molecule has 0 spiro atoms. The SMILES string of the molecule is CCCC/C=C\C=C/CCCCCC(=O)OCC(COC(=O)CCCCCCCC/C=C\C=C/CCCCC)OC(=O)CC/C=C\C/C=C\CCCCCCCC. The van der Waals surface area contributed by atoms with E-state index >= 15 is 0 Å². The summed E-state index contributed by atoms with van der Waals surface area (Å²) in [6.07, 6.45) is 56.1. The molecule has 0 amide bonds. The van der Waals surface area contributed by atoms with Crippen molar-refractivity contribution in [2.75, 3.05) is 13.2 Å². The molecule has 1 atom stereocenters. The highest BCUT2D eigenvalue weighted by atomic mass is 16.6. The van der Waals surface area contributed by atoms with Crippen LogP contribution < -0.4 is 0 Å². The zero-order valence-electron chi connectivity index (χ0n) is 37.1. The Morgan fingerprint density at radius 3 is 1.25 bits per heavy atom. The molecule has 326 valence electrons. The van der Waals surface area contributed by atoms with Gasteiger partial charge in [-0.1, -0.05) is 184 Å². The lowest BCUT2D eigenvalue weighted by Gasteiger charge is -2.18. The number of hydrogen-bond acceptors (Lipinski definition) is 6. The van der Waals surface area contributed by atoms with Crippen LogP contribution in [-0.2, 0) is 28.6 Å². The minimum absolute atomic E-state index is 0.113. The molecule has 0 saturated heterocycles. The van der Waals surface area contributed by atoms with Gasteiger partial charge < -0.3 is 14.2 Å². The van der Waals surface area contributed by atoms with Gasteiger partial charge in [-0.15, -0.1) is 0 Å². The van der Waals surface area contributed by atoms with Crippen molar-refractivity contribution in [1.82, 2.24) is 0 Å². The first kappa shape index (κ1) is 53.9. The Bertz CT molecular complexity index is 1100. The number of hydrogen-bond donors (Lipinski definition) is 0. The molecule has 0 aromatic rings. The Kier molecular flexibility index (Phi) is 43.0. The van der Waals surface area contributed by atoms with Crippen molar-refractivity contribution in [3.8, 4) is 0 Å². The fourth-order valence-corrected chi connectivity index (χ4v) is 6.11. The van der Waals surface area contributed by atoms with Crippen molar-refractivity contribution in [3.63, 3.8) is 0 Å². The molecule has 0 aliphatic rings. The summed E-state index contributed by atoms with van der Waals surface area (Å²) >= 11 is 0. The predicted molar refractivity (Wildman–Crippen MR) is 242 cm³/mol. The van der Waals surface area contributed by atoms with Crippen molar-refractivity contribution in [2.24, 2.45) is 0 Å². The molecule has 0 aliphatic carbocycles. The molecule has 0 aromatic carbocycles. The van der Waals surface area contributed by atoms with Crippen LogP contribution in [0.1, 0.15) is 213 Å². The number of ether oxygens (including phenoxy) is 3. The lowest BCUT2D eigenvalue weighted by Crippen LogP contribution is -2.30. The summed E-state index contributed by atoms with van der Waals surface area (Å²) in [7, 11) is 0. The molecule has 0 aliphatic heterocycles. The third-order valence-electron chi connectivity index (χ3n) is 9.72. The number of carbonyl (C=O) groups excluding carboxylic acids is 3. The normalized spacial score (nSPS) is 12.7. The average Bonchev–Trinajstić information content (AvgIpc) is 3.21. The minimum Gasteiger partial charge on any atom is -0.462 e. The maximum atomic E-state index is 12.7. The van der Waals surface area contributed by atoms with Gasteiger partial charge in [0.25, 0.3) is 0 Å². The van der Waals surface area contributed by atoms with Gasteiger partial charge >= 0.3 is 17.9 Å². The van der Waals surface area contributed by atoms with E-state index in [2.05, 4.69) is 87.6 Å². The standard InChI is InChI=1S/C51H86O6/c1-4-7-10-13-16-19-22-24-25-27-29-32-35-38-41-44-50(53)56-47-48(46-55-49(52)43-40-37-34-31-28-21-18-15-12-9-6-3)57-51(54)45-42-39-36-33-30-26-23-20-17-14-11-8-5-2/h15-16,18-19,21-22,24,26,28,30,36,39,48H,4-14,17,20,23,25,27,29,31-35,37-38,40-47H2,1-3H3/b18-15-,19-16-,24-22-,28-21-,30-26-,39-36-. The Hall–Kier alpha value is -3.15. The number of allylic oxidation sites excluding steroid dienone is 12. The molecule has 57 heavy (non-hydrogen) atoms. The fourth-order valence-electron chi connectivity index (χ4n) is 6.11. The summed E-state index contributed by atoms with van der Waals surface area (Å²) < 4.78 is 16.6. The highest BCUT2D eigenvalue weighted by Crippen LogP contribution is 2.12. The van der Waals surface area contributed by atoms with Crippen molar-refractivity contribution in [2.45, 2.75) is 219 Å². The van der Waals surface area contributed by atoms with Crippen LogP contribution in [0.4, 0.5) is 0 Å². The predicted octanol–water partition coefficient (Wildman–Crippen LogP) is 15.1. The summed E-state index contributed by atoms with van der Waals surface area (Å²) in [6.45, 7) is 6.44. The molecule has 0 heterocycles. The highest BCUT2D eigenvalue weighted by molar-refractivity contribution is 5.71. The van der Waals surface area contributed by atoms with Gasteiger partial charge in [-0.25, -0.2) is 0 Å². The summed E-state index contributed by atoms with van der Waals surface area (Å²) in [4.78, 5) is 37.7. The monoisotopic (exact) mass is 795 g/mol. The quantitative estimate of drug-likeness (QED) is 0.0202. The van der Waals surface area contributed by atoms with Gasteiger partial charge in [0.05, 0.1) is 0 Å². The fraction of sp³-hybridized carbons (Fsp3) is 0.706. The van der Waals surface area contributed by atoms with Crippen LogP contribution in [-0.4, -0.2) is 37.2 Å². The molecule has 1 unspecified atom stereocenters.